The number of hydrogen-bond donors (Lipinski definition) is 2. The van der Waals surface area contributed by atoms with Crippen LogP contribution in [0.25, 0.3) is 10.1 Å². The standard InChI is InChI=1S/C15H13FN2S/c16-12-7-5-10(6-8-12)15(18-17)14-9-11-3-1-2-4-13(11)19-14/h1-9,15,18H,17H2. The highest BCUT2D eigenvalue weighted by Gasteiger charge is 2.15. The highest BCUT2D eigenvalue weighted by molar-refractivity contribution is 7.19. The number of hydrogen-bond acceptors (Lipinski definition) is 3. The summed E-state index contributed by atoms with van der Waals surface area (Å²) >= 11 is 1.69. The van der Waals surface area contributed by atoms with Gasteiger partial charge in [0.05, 0.1) is 6.04 Å². The summed E-state index contributed by atoms with van der Waals surface area (Å²) in [5, 5.41) is 1.20. The van der Waals surface area contributed by atoms with Crippen molar-refractivity contribution in [3.63, 3.8) is 0 Å². The zero-order valence-corrected chi connectivity index (χ0v) is 11.0. The highest BCUT2D eigenvalue weighted by atomic mass is 32.1. The van der Waals surface area contributed by atoms with E-state index in [2.05, 4.69) is 23.6 Å². The van der Waals surface area contributed by atoms with E-state index < -0.39 is 0 Å². The summed E-state index contributed by atoms with van der Waals surface area (Å²) in [6.07, 6.45) is 0. The average Bonchev–Trinajstić information content (AvgIpc) is 2.85. The van der Waals surface area contributed by atoms with Crippen molar-refractivity contribution in [2.75, 3.05) is 0 Å². The molecular formula is C15H13FN2S. The molecule has 0 spiro atoms. The van der Waals surface area contributed by atoms with Crippen molar-refractivity contribution in [3.8, 4) is 0 Å². The molecule has 1 atom stereocenters. The Kier molecular flexibility index (Phi) is 3.29. The van der Waals surface area contributed by atoms with Gasteiger partial charge in [0.1, 0.15) is 5.82 Å². The molecule has 0 saturated carbocycles. The van der Waals surface area contributed by atoms with Gasteiger partial charge in [0.2, 0.25) is 0 Å². The van der Waals surface area contributed by atoms with Gasteiger partial charge in [-0.15, -0.1) is 11.3 Å². The molecule has 0 amide bonds. The highest BCUT2D eigenvalue weighted by Crippen LogP contribution is 2.32. The third kappa shape index (κ3) is 2.38. The van der Waals surface area contributed by atoms with Crippen molar-refractivity contribution < 1.29 is 4.39 Å². The summed E-state index contributed by atoms with van der Waals surface area (Å²) in [5.41, 5.74) is 3.76. The minimum Gasteiger partial charge on any atom is -0.271 e. The fraction of sp³-hybridized carbons (Fsp3) is 0.0667. The zero-order chi connectivity index (χ0) is 13.2. The first kappa shape index (κ1) is 12.3. The smallest absolute Gasteiger partial charge is 0.123 e. The second kappa shape index (κ2) is 5.09. The van der Waals surface area contributed by atoms with Crippen molar-refractivity contribution in [2.45, 2.75) is 6.04 Å². The van der Waals surface area contributed by atoms with Gasteiger partial charge in [-0.3, -0.25) is 5.84 Å². The van der Waals surface area contributed by atoms with Gasteiger partial charge in [-0.1, -0.05) is 30.3 Å². The van der Waals surface area contributed by atoms with Crippen LogP contribution in [0, 0.1) is 5.82 Å². The molecule has 3 aromatic rings. The molecule has 0 fully saturated rings. The molecule has 19 heavy (non-hydrogen) atoms. The molecular weight excluding hydrogens is 259 g/mol. The van der Waals surface area contributed by atoms with Gasteiger partial charge < -0.3 is 0 Å². The quantitative estimate of drug-likeness (QED) is 0.565. The Hall–Kier alpha value is -1.75. The summed E-state index contributed by atoms with van der Waals surface area (Å²) in [7, 11) is 0. The molecule has 3 N–H and O–H groups in total. The van der Waals surface area contributed by atoms with Crippen LogP contribution in [0.1, 0.15) is 16.5 Å². The van der Waals surface area contributed by atoms with Gasteiger partial charge in [-0.25, -0.2) is 9.82 Å². The fourth-order valence-corrected chi connectivity index (χ4v) is 3.30. The van der Waals surface area contributed by atoms with Crippen LogP contribution in [-0.4, -0.2) is 0 Å². The van der Waals surface area contributed by atoms with E-state index in [4.69, 9.17) is 5.84 Å². The molecule has 0 radical (unpaired) electrons. The number of hydrazine groups is 1. The molecule has 0 bridgehead atoms. The summed E-state index contributed by atoms with van der Waals surface area (Å²) < 4.78 is 14.2. The van der Waals surface area contributed by atoms with Gasteiger partial charge in [0.15, 0.2) is 0 Å². The van der Waals surface area contributed by atoms with Crippen LogP contribution in [-0.2, 0) is 0 Å². The Balaban J connectivity index is 2.04. The Labute approximate surface area is 114 Å². The Morgan fingerprint density at radius 2 is 1.79 bits per heavy atom. The number of halogens is 1. The summed E-state index contributed by atoms with van der Waals surface area (Å²) in [5.74, 6) is 5.42. The average molecular weight is 272 g/mol. The third-order valence-corrected chi connectivity index (χ3v) is 4.28. The normalized spacial score (nSPS) is 12.7. The van der Waals surface area contributed by atoms with Gasteiger partial charge in [0.25, 0.3) is 0 Å². The number of fused-ring (bicyclic) bond motifs is 1. The molecule has 0 saturated heterocycles. The van der Waals surface area contributed by atoms with Gasteiger partial charge in [-0.2, -0.15) is 0 Å². The van der Waals surface area contributed by atoms with Crippen LogP contribution >= 0.6 is 11.3 Å². The van der Waals surface area contributed by atoms with E-state index in [1.807, 2.05) is 12.1 Å². The first-order valence-electron chi connectivity index (χ1n) is 5.98. The van der Waals surface area contributed by atoms with Crippen molar-refractivity contribution in [3.05, 3.63) is 70.9 Å². The molecule has 0 aliphatic rings. The summed E-state index contributed by atoms with van der Waals surface area (Å²) in [6.45, 7) is 0. The predicted molar refractivity (Wildman–Crippen MR) is 77.4 cm³/mol. The minimum atomic E-state index is -0.240. The van der Waals surface area contributed by atoms with E-state index >= 15 is 0 Å². The van der Waals surface area contributed by atoms with Crippen molar-refractivity contribution in [2.24, 2.45) is 5.84 Å². The maximum Gasteiger partial charge on any atom is 0.123 e. The number of benzene rings is 2. The van der Waals surface area contributed by atoms with Crippen LogP contribution < -0.4 is 11.3 Å². The number of rotatable bonds is 3. The fourth-order valence-electron chi connectivity index (χ4n) is 2.14. The van der Waals surface area contributed by atoms with E-state index in [-0.39, 0.29) is 11.9 Å². The lowest BCUT2D eigenvalue weighted by atomic mass is 10.1. The van der Waals surface area contributed by atoms with Crippen molar-refractivity contribution >= 4 is 21.4 Å². The monoisotopic (exact) mass is 272 g/mol. The number of thiophene rings is 1. The van der Waals surface area contributed by atoms with E-state index in [0.717, 1.165) is 10.4 Å². The van der Waals surface area contributed by atoms with Gasteiger partial charge in [0, 0.05) is 9.58 Å². The third-order valence-electron chi connectivity index (χ3n) is 3.10. The lowest BCUT2D eigenvalue weighted by Crippen LogP contribution is -2.28. The SMILES string of the molecule is NNC(c1ccc(F)cc1)c1cc2ccccc2s1. The number of nitrogens with two attached hydrogens (primary N) is 1. The first-order chi connectivity index (χ1) is 9.28. The molecule has 96 valence electrons. The Morgan fingerprint density at radius 1 is 1.05 bits per heavy atom. The molecule has 0 aliphatic carbocycles. The van der Waals surface area contributed by atoms with Crippen molar-refractivity contribution in [1.29, 1.82) is 0 Å². The maximum atomic E-state index is 13.0. The van der Waals surface area contributed by atoms with E-state index in [1.54, 1.807) is 23.5 Å². The Bertz CT molecular complexity index is 658. The molecule has 1 heterocycles. The molecule has 3 rings (SSSR count). The maximum absolute atomic E-state index is 13.0. The van der Waals surface area contributed by atoms with Crippen LogP contribution in [0.3, 0.4) is 0 Å². The number of nitrogens with one attached hydrogen (secondary N) is 1. The van der Waals surface area contributed by atoms with Crippen LogP contribution in [0.5, 0.6) is 0 Å². The molecule has 2 aromatic carbocycles. The van der Waals surface area contributed by atoms with Crippen LogP contribution in [0.15, 0.2) is 54.6 Å². The van der Waals surface area contributed by atoms with Crippen LogP contribution in [0.2, 0.25) is 0 Å². The van der Waals surface area contributed by atoms with Crippen molar-refractivity contribution in [1.82, 2.24) is 5.43 Å². The predicted octanol–water partition coefficient (Wildman–Crippen LogP) is 3.59. The summed E-state index contributed by atoms with van der Waals surface area (Å²) in [4.78, 5) is 1.12. The summed E-state index contributed by atoms with van der Waals surface area (Å²) in [6, 6.07) is 16.6. The second-order valence-electron chi connectivity index (χ2n) is 4.34. The zero-order valence-electron chi connectivity index (χ0n) is 10.1. The lowest BCUT2D eigenvalue weighted by molar-refractivity contribution is 0.618. The minimum absolute atomic E-state index is 0.113. The van der Waals surface area contributed by atoms with Crippen LogP contribution in [0.4, 0.5) is 4.39 Å². The molecule has 2 nitrogen and oxygen atoms in total. The first-order valence-corrected chi connectivity index (χ1v) is 6.79. The largest absolute Gasteiger partial charge is 0.271 e. The van der Waals surface area contributed by atoms with Gasteiger partial charge >= 0.3 is 0 Å². The molecule has 4 heteroatoms. The van der Waals surface area contributed by atoms with E-state index in [1.165, 1.54) is 22.2 Å². The lowest BCUT2D eigenvalue weighted by Gasteiger charge is -2.14. The van der Waals surface area contributed by atoms with Gasteiger partial charge in [-0.05, 0) is 35.2 Å². The molecule has 1 aromatic heterocycles. The topological polar surface area (TPSA) is 38.0 Å². The van der Waals surface area contributed by atoms with E-state index in [9.17, 15) is 4.39 Å². The Morgan fingerprint density at radius 3 is 2.47 bits per heavy atom. The second-order valence-corrected chi connectivity index (χ2v) is 5.45. The molecule has 1 unspecified atom stereocenters. The van der Waals surface area contributed by atoms with E-state index in [0.29, 0.717) is 0 Å². The molecule has 0 aliphatic heterocycles.